The van der Waals surface area contributed by atoms with Crippen molar-refractivity contribution >= 4 is 18.1 Å². The third kappa shape index (κ3) is 2.96. The molecule has 1 amide bonds. The van der Waals surface area contributed by atoms with Crippen molar-refractivity contribution in [2.75, 3.05) is 6.54 Å². The molecule has 7 rings (SSSR count). The van der Waals surface area contributed by atoms with Gasteiger partial charge in [-0.05, 0) is 58.9 Å². The summed E-state index contributed by atoms with van der Waals surface area (Å²) >= 11 is 5.44. The van der Waals surface area contributed by atoms with Crippen LogP contribution in [0.25, 0.3) is 5.69 Å². The van der Waals surface area contributed by atoms with Gasteiger partial charge in [0, 0.05) is 30.3 Å². The molecule has 1 atom stereocenters. The molecule has 1 aromatic heterocycles. The first-order chi connectivity index (χ1) is 15.7. The molecule has 158 valence electrons. The number of H-pyrrole nitrogens is 1. The molecule has 0 radical (unpaired) electrons. The molecule has 32 heavy (non-hydrogen) atoms. The second kappa shape index (κ2) is 7.61. The highest BCUT2D eigenvalue weighted by Crippen LogP contribution is 2.55. The Kier molecular flexibility index (Phi) is 4.58. The van der Waals surface area contributed by atoms with Gasteiger partial charge in [-0.25, -0.2) is 0 Å². The number of para-hydroxylation sites is 1. The molecule has 0 saturated heterocycles. The Morgan fingerprint density at radius 3 is 2.16 bits per heavy atom. The van der Waals surface area contributed by atoms with Crippen LogP contribution < -0.4 is 5.32 Å². The number of aromatic amines is 1. The van der Waals surface area contributed by atoms with Crippen molar-refractivity contribution < 1.29 is 4.79 Å². The lowest BCUT2D eigenvalue weighted by Gasteiger charge is -2.45. The summed E-state index contributed by atoms with van der Waals surface area (Å²) in [4.78, 5) is 16.2. The molecule has 0 spiro atoms. The largest absolute Gasteiger partial charge is 0.350 e. The highest BCUT2D eigenvalue weighted by Gasteiger charge is 2.42. The Morgan fingerprint density at radius 2 is 1.50 bits per heavy atom. The van der Waals surface area contributed by atoms with Gasteiger partial charge in [-0.2, -0.15) is 0 Å². The highest BCUT2D eigenvalue weighted by atomic mass is 32.1. The predicted octanol–water partition coefficient (Wildman–Crippen LogP) is 5.56. The third-order valence-electron chi connectivity index (χ3n) is 6.97. The molecule has 0 fully saturated rings. The molecule has 1 heterocycles. The van der Waals surface area contributed by atoms with Crippen molar-refractivity contribution in [1.82, 2.24) is 14.9 Å². The fourth-order valence-electron chi connectivity index (χ4n) is 5.64. The van der Waals surface area contributed by atoms with E-state index in [9.17, 15) is 4.79 Å². The van der Waals surface area contributed by atoms with Crippen LogP contribution in [0.4, 0.5) is 0 Å². The third-order valence-corrected chi connectivity index (χ3v) is 7.27. The lowest BCUT2D eigenvalue weighted by molar-refractivity contribution is 0.0936. The Labute approximate surface area is 191 Å². The summed E-state index contributed by atoms with van der Waals surface area (Å²) in [5, 5.41) is 3.21. The molecular formula is C27H23N3OS. The zero-order chi connectivity index (χ0) is 21.7. The summed E-state index contributed by atoms with van der Waals surface area (Å²) in [6, 6.07) is 27.3. The average Bonchev–Trinajstić information content (AvgIpc) is 3.24. The minimum Gasteiger partial charge on any atom is -0.350 e. The molecule has 3 aromatic carbocycles. The summed E-state index contributed by atoms with van der Waals surface area (Å²) < 4.78 is 2.31. The van der Waals surface area contributed by atoms with Crippen LogP contribution in [0.3, 0.4) is 0 Å². The summed E-state index contributed by atoms with van der Waals surface area (Å²) in [7, 11) is 0. The number of fused-ring (bicyclic) bond motifs is 1. The van der Waals surface area contributed by atoms with Crippen molar-refractivity contribution in [3.8, 4) is 5.69 Å². The zero-order valence-corrected chi connectivity index (χ0v) is 18.3. The van der Waals surface area contributed by atoms with Crippen molar-refractivity contribution in [3.05, 3.63) is 118 Å². The lowest BCUT2D eigenvalue weighted by atomic mass is 9.59. The van der Waals surface area contributed by atoms with E-state index in [2.05, 4.69) is 58.8 Å². The van der Waals surface area contributed by atoms with Gasteiger partial charge in [-0.1, -0.05) is 66.7 Å². The number of imidazole rings is 1. The Morgan fingerprint density at radius 1 is 0.906 bits per heavy atom. The van der Waals surface area contributed by atoms with Gasteiger partial charge in [0.2, 0.25) is 0 Å². The van der Waals surface area contributed by atoms with Crippen LogP contribution in [0, 0.1) is 10.7 Å². The van der Waals surface area contributed by atoms with Gasteiger partial charge in [-0.3, -0.25) is 9.36 Å². The van der Waals surface area contributed by atoms with Crippen molar-refractivity contribution in [1.29, 1.82) is 0 Å². The first kappa shape index (κ1) is 19.3. The Bertz CT molecular complexity index is 1320. The maximum atomic E-state index is 13.2. The van der Waals surface area contributed by atoms with Crippen molar-refractivity contribution in [3.63, 3.8) is 0 Å². The van der Waals surface area contributed by atoms with Crippen LogP contribution in [0.5, 0.6) is 0 Å². The van der Waals surface area contributed by atoms with E-state index in [0.717, 1.165) is 12.1 Å². The van der Waals surface area contributed by atoms with Crippen LogP contribution in [-0.2, 0) is 0 Å². The highest BCUT2D eigenvalue weighted by molar-refractivity contribution is 7.71. The van der Waals surface area contributed by atoms with Crippen molar-refractivity contribution in [2.24, 2.45) is 5.92 Å². The fourth-order valence-corrected chi connectivity index (χ4v) is 5.91. The van der Waals surface area contributed by atoms with Crippen LogP contribution >= 0.6 is 12.2 Å². The number of hydrogen-bond acceptors (Lipinski definition) is 2. The molecule has 0 aliphatic heterocycles. The van der Waals surface area contributed by atoms with Crippen LogP contribution in [0.1, 0.15) is 51.0 Å². The first-order valence-electron chi connectivity index (χ1n) is 11.0. The second-order valence-electron chi connectivity index (χ2n) is 8.64. The van der Waals surface area contributed by atoms with Crippen LogP contribution in [0.15, 0.2) is 85.1 Å². The number of aromatic nitrogens is 2. The normalized spacial score (nSPS) is 20.4. The molecule has 3 aliphatic rings. The zero-order valence-electron chi connectivity index (χ0n) is 17.5. The molecule has 4 nitrogen and oxygen atoms in total. The van der Waals surface area contributed by atoms with Gasteiger partial charge in [0.25, 0.3) is 5.91 Å². The molecule has 5 heteroatoms. The summed E-state index contributed by atoms with van der Waals surface area (Å²) in [5.41, 5.74) is 7.13. The maximum Gasteiger partial charge on any atom is 0.269 e. The number of nitrogens with zero attached hydrogens (tertiary/aromatic N) is 1. The predicted molar refractivity (Wildman–Crippen MR) is 128 cm³/mol. The fraction of sp³-hybridized carbons (Fsp3) is 0.185. The number of nitrogens with one attached hydrogen (secondary N) is 2. The summed E-state index contributed by atoms with van der Waals surface area (Å²) in [6.45, 7) is 0.634. The number of carbonyl (C=O) groups is 1. The minimum absolute atomic E-state index is 0.107. The second-order valence-corrected chi connectivity index (χ2v) is 9.03. The molecule has 1 unspecified atom stereocenters. The first-order valence-corrected chi connectivity index (χ1v) is 11.4. The number of amides is 1. The van der Waals surface area contributed by atoms with E-state index in [-0.39, 0.29) is 5.91 Å². The van der Waals surface area contributed by atoms with Gasteiger partial charge >= 0.3 is 0 Å². The van der Waals surface area contributed by atoms with Gasteiger partial charge in [0.05, 0.1) is 0 Å². The van der Waals surface area contributed by atoms with Crippen LogP contribution in [0.2, 0.25) is 0 Å². The SMILES string of the molecule is O=C(NCC1CC2c3ccccc3C1c1ccccc12)c1c[nH]c(=S)n1-c1ccccc1. The molecule has 3 aliphatic carbocycles. The van der Waals surface area contributed by atoms with Crippen LogP contribution in [-0.4, -0.2) is 22.0 Å². The van der Waals surface area contributed by atoms with E-state index >= 15 is 0 Å². The van der Waals surface area contributed by atoms with E-state index in [0.29, 0.717) is 34.8 Å². The van der Waals surface area contributed by atoms with Gasteiger partial charge in [0.1, 0.15) is 5.69 Å². The van der Waals surface area contributed by atoms with Crippen molar-refractivity contribution in [2.45, 2.75) is 18.3 Å². The Balaban J connectivity index is 1.29. The standard InChI is InChI=1S/C27H23N3OS/c31-26(24-16-29-27(32)30(24)18-8-2-1-3-9-18)28-15-17-14-23-19-10-4-6-12-21(19)25(17)22-13-7-5-11-20(22)23/h1-13,16-17,23,25H,14-15H2,(H,28,31)(H,29,32). The van der Waals surface area contributed by atoms with E-state index < -0.39 is 0 Å². The lowest BCUT2D eigenvalue weighted by Crippen LogP contribution is -2.39. The Hall–Kier alpha value is -3.44. The topological polar surface area (TPSA) is 49.8 Å². The summed E-state index contributed by atoms with van der Waals surface area (Å²) in [5.74, 6) is 0.967. The summed E-state index contributed by atoms with van der Waals surface area (Å²) in [6.07, 6.45) is 2.75. The smallest absolute Gasteiger partial charge is 0.269 e. The molecular weight excluding hydrogens is 414 g/mol. The van der Waals surface area contributed by atoms with Gasteiger partial charge < -0.3 is 10.3 Å². The van der Waals surface area contributed by atoms with E-state index in [4.69, 9.17) is 12.2 Å². The number of carbonyl (C=O) groups excluding carboxylic acids is 1. The maximum absolute atomic E-state index is 13.2. The molecule has 0 saturated carbocycles. The quantitative estimate of drug-likeness (QED) is 0.411. The number of hydrogen-bond donors (Lipinski definition) is 2. The monoisotopic (exact) mass is 437 g/mol. The van der Waals surface area contributed by atoms with Gasteiger partial charge in [-0.15, -0.1) is 0 Å². The minimum atomic E-state index is -0.107. The number of rotatable bonds is 4. The number of benzene rings is 3. The van der Waals surface area contributed by atoms with Gasteiger partial charge in [0.15, 0.2) is 4.77 Å². The average molecular weight is 438 g/mol. The van der Waals surface area contributed by atoms with E-state index in [1.807, 2.05) is 30.3 Å². The van der Waals surface area contributed by atoms with E-state index in [1.54, 1.807) is 10.8 Å². The van der Waals surface area contributed by atoms with E-state index in [1.165, 1.54) is 22.3 Å². The molecule has 2 N–H and O–H groups in total. The molecule has 2 bridgehead atoms. The molecule has 4 aromatic rings.